The van der Waals surface area contributed by atoms with E-state index in [1.165, 1.54) is 14.0 Å². The zero-order chi connectivity index (χ0) is 12.8. The fourth-order valence-electron chi connectivity index (χ4n) is 2.08. The summed E-state index contributed by atoms with van der Waals surface area (Å²) in [6, 6.07) is 13.7. The molecule has 3 heteroatoms. The predicted octanol–water partition coefficient (Wildman–Crippen LogP) is 4.12. The quantitative estimate of drug-likeness (QED) is 0.754. The van der Waals surface area contributed by atoms with Crippen LogP contribution >= 0.6 is 33.9 Å². The Kier molecular flexibility index (Phi) is 5.66. The third-order valence-electron chi connectivity index (χ3n) is 2.92. The minimum atomic E-state index is 0.536. The standard InChI is InChI=1S/C15H18INS/c1-2-17-14(11-15-4-3-9-18-15)10-12-5-7-13(16)8-6-12/h3-9,14,17H,2,10-11H2,1H3. The second-order valence-electron chi connectivity index (χ2n) is 4.37. The molecule has 0 aliphatic carbocycles. The average Bonchev–Trinajstić information content (AvgIpc) is 2.85. The molecule has 0 amide bonds. The van der Waals surface area contributed by atoms with Gasteiger partial charge < -0.3 is 5.32 Å². The number of halogens is 1. The molecule has 18 heavy (non-hydrogen) atoms. The summed E-state index contributed by atoms with van der Waals surface area (Å²) in [5.74, 6) is 0. The van der Waals surface area contributed by atoms with Gasteiger partial charge in [0.2, 0.25) is 0 Å². The summed E-state index contributed by atoms with van der Waals surface area (Å²) in [4.78, 5) is 1.46. The fraction of sp³-hybridized carbons (Fsp3) is 0.333. The van der Waals surface area contributed by atoms with Crippen LogP contribution in [0.4, 0.5) is 0 Å². The Hall–Kier alpha value is -0.390. The van der Waals surface area contributed by atoms with Gasteiger partial charge in [-0.15, -0.1) is 11.3 Å². The number of hydrogen-bond acceptors (Lipinski definition) is 2. The first-order chi connectivity index (χ1) is 8.78. The molecule has 0 aliphatic rings. The Labute approximate surface area is 127 Å². The van der Waals surface area contributed by atoms with E-state index in [1.54, 1.807) is 0 Å². The van der Waals surface area contributed by atoms with Crippen molar-refractivity contribution >= 4 is 33.9 Å². The second kappa shape index (κ2) is 7.26. The van der Waals surface area contributed by atoms with Crippen molar-refractivity contribution in [3.8, 4) is 0 Å². The number of likely N-dealkylation sites (N-methyl/N-ethyl adjacent to an activating group) is 1. The van der Waals surface area contributed by atoms with Gasteiger partial charge in [0.25, 0.3) is 0 Å². The highest BCUT2D eigenvalue weighted by atomic mass is 127. The first-order valence-corrected chi connectivity index (χ1v) is 8.24. The van der Waals surface area contributed by atoms with Gasteiger partial charge in [-0.1, -0.05) is 25.1 Å². The summed E-state index contributed by atoms with van der Waals surface area (Å²) in [6.45, 7) is 3.20. The highest BCUT2D eigenvalue weighted by Gasteiger charge is 2.10. The molecule has 2 aromatic rings. The minimum absolute atomic E-state index is 0.536. The van der Waals surface area contributed by atoms with Crippen LogP contribution in [0.25, 0.3) is 0 Å². The zero-order valence-electron chi connectivity index (χ0n) is 10.5. The highest BCUT2D eigenvalue weighted by Crippen LogP contribution is 2.15. The van der Waals surface area contributed by atoms with E-state index in [1.807, 2.05) is 11.3 Å². The molecule has 2 rings (SSSR count). The van der Waals surface area contributed by atoms with Crippen LogP contribution in [0.3, 0.4) is 0 Å². The van der Waals surface area contributed by atoms with Crippen LogP contribution in [0.5, 0.6) is 0 Å². The molecular formula is C15H18INS. The molecule has 1 heterocycles. The molecule has 1 unspecified atom stereocenters. The lowest BCUT2D eigenvalue weighted by atomic mass is 10.0. The van der Waals surface area contributed by atoms with E-state index in [0.29, 0.717) is 6.04 Å². The maximum atomic E-state index is 3.59. The summed E-state index contributed by atoms with van der Waals surface area (Å²) >= 11 is 4.20. The lowest BCUT2D eigenvalue weighted by Crippen LogP contribution is -2.32. The molecule has 1 atom stereocenters. The number of nitrogens with one attached hydrogen (secondary N) is 1. The lowest BCUT2D eigenvalue weighted by Gasteiger charge is -2.17. The zero-order valence-corrected chi connectivity index (χ0v) is 13.5. The highest BCUT2D eigenvalue weighted by molar-refractivity contribution is 14.1. The normalized spacial score (nSPS) is 12.6. The van der Waals surface area contributed by atoms with Gasteiger partial charge in [0, 0.05) is 14.5 Å². The Morgan fingerprint density at radius 2 is 1.94 bits per heavy atom. The molecule has 1 aromatic carbocycles. The summed E-state index contributed by atoms with van der Waals surface area (Å²) in [5, 5.41) is 5.74. The minimum Gasteiger partial charge on any atom is -0.314 e. The number of thiophene rings is 1. The molecule has 0 radical (unpaired) electrons. The smallest absolute Gasteiger partial charge is 0.0156 e. The van der Waals surface area contributed by atoms with Crippen molar-refractivity contribution in [1.82, 2.24) is 5.32 Å². The molecule has 0 saturated carbocycles. The SMILES string of the molecule is CCNC(Cc1ccc(I)cc1)Cc1cccs1. The average molecular weight is 371 g/mol. The molecule has 0 bridgehead atoms. The van der Waals surface area contributed by atoms with Crippen molar-refractivity contribution in [3.63, 3.8) is 0 Å². The van der Waals surface area contributed by atoms with Crippen molar-refractivity contribution in [2.75, 3.05) is 6.54 Å². The van der Waals surface area contributed by atoms with Crippen LogP contribution in [0.15, 0.2) is 41.8 Å². The van der Waals surface area contributed by atoms with Gasteiger partial charge in [-0.05, 0) is 71.1 Å². The van der Waals surface area contributed by atoms with Gasteiger partial charge in [0.05, 0.1) is 0 Å². The van der Waals surface area contributed by atoms with E-state index >= 15 is 0 Å². The monoisotopic (exact) mass is 371 g/mol. The third kappa shape index (κ3) is 4.37. The van der Waals surface area contributed by atoms with E-state index in [9.17, 15) is 0 Å². The van der Waals surface area contributed by atoms with Crippen LogP contribution < -0.4 is 5.32 Å². The molecular weight excluding hydrogens is 353 g/mol. The molecule has 1 nitrogen and oxygen atoms in total. The van der Waals surface area contributed by atoms with E-state index in [2.05, 4.69) is 76.6 Å². The van der Waals surface area contributed by atoms with Crippen LogP contribution in [-0.2, 0) is 12.8 Å². The van der Waals surface area contributed by atoms with Gasteiger partial charge in [0.1, 0.15) is 0 Å². The van der Waals surface area contributed by atoms with Crippen molar-refractivity contribution in [2.45, 2.75) is 25.8 Å². The Balaban J connectivity index is 1.99. The van der Waals surface area contributed by atoms with E-state index in [0.717, 1.165) is 19.4 Å². The maximum absolute atomic E-state index is 3.59. The molecule has 0 spiro atoms. The Morgan fingerprint density at radius 3 is 2.56 bits per heavy atom. The van der Waals surface area contributed by atoms with Crippen LogP contribution in [0, 0.1) is 3.57 Å². The van der Waals surface area contributed by atoms with Crippen LogP contribution in [0.1, 0.15) is 17.4 Å². The molecule has 1 N–H and O–H groups in total. The van der Waals surface area contributed by atoms with Gasteiger partial charge in [0.15, 0.2) is 0 Å². The topological polar surface area (TPSA) is 12.0 Å². The second-order valence-corrected chi connectivity index (χ2v) is 6.65. The fourth-order valence-corrected chi connectivity index (χ4v) is 3.23. The van der Waals surface area contributed by atoms with Crippen LogP contribution in [-0.4, -0.2) is 12.6 Å². The van der Waals surface area contributed by atoms with Gasteiger partial charge in [-0.3, -0.25) is 0 Å². The molecule has 0 aliphatic heterocycles. The van der Waals surface area contributed by atoms with Crippen molar-refractivity contribution in [1.29, 1.82) is 0 Å². The first kappa shape index (κ1) is 14.0. The maximum Gasteiger partial charge on any atom is 0.0156 e. The van der Waals surface area contributed by atoms with Gasteiger partial charge >= 0.3 is 0 Å². The van der Waals surface area contributed by atoms with Gasteiger partial charge in [-0.2, -0.15) is 0 Å². The van der Waals surface area contributed by atoms with Crippen LogP contribution in [0.2, 0.25) is 0 Å². The van der Waals surface area contributed by atoms with E-state index in [4.69, 9.17) is 0 Å². The third-order valence-corrected chi connectivity index (χ3v) is 4.53. The summed E-state index contributed by atoms with van der Waals surface area (Å²) in [7, 11) is 0. The van der Waals surface area contributed by atoms with Gasteiger partial charge in [-0.25, -0.2) is 0 Å². The lowest BCUT2D eigenvalue weighted by molar-refractivity contribution is 0.524. The van der Waals surface area contributed by atoms with Crippen molar-refractivity contribution < 1.29 is 0 Å². The van der Waals surface area contributed by atoms with E-state index < -0.39 is 0 Å². The molecule has 0 saturated heterocycles. The molecule has 0 fully saturated rings. The largest absolute Gasteiger partial charge is 0.314 e. The van der Waals surface area contributed by atoms with Crippen molar-refractivity contribution in [2.24, 2.45) is 0 Å². The first-order valence-electron chi connectivity index (χ1n) is 6.28. The summed E-state index contributed by atoms with van der Waals surface area (Å²) in [5.41, 5.74) is 1.41. The molecule has 1 aromatic heterocycles. The Morgan fingerprint density at radius 1 is 1.17 bits per heavy atom. The van der Waals surface area contributed by atoms with E-state index in [-0.39, 0.29) is 0 Å². The predicted molar refractivity (Wildman–Crippen MR) is 88.4 cm³/mol. The van der Waals surface area contributed by atoms with Crippen molar-refractivity contribution in [3.05, 3.63) is 55.8 Å². The number of benzene rings is 1. The summed E-state index contributed by atoms with van der Waals surface area (Å²) in [6.07, 6.45) is 2.22. The molecule has 96 valence electrons. The number of rotatable bonds is 6. The summed E-state index contributed by atoms with van der Waals surface area (Å²) < 4.78 is 1.30. The Bertz CT molecular complexity index is 450. The number of hydrogen-bond donors (Lipinski definition) is 1.